The minimum atomic E-state index is -1.03. The van der Waals surface area contributed by atoms with E-state index in [-0.39, 0.29) is 12.5 Å². The first kappa shape index (κ1) is 16.3. The van der Waals surface area contributed by atoms with Crippen molar-refractivity contribution in [2.45, 2.75) is 38.1 Å². The number of urea groups is 1. The lowest BCUT2D eigenvalue weighted by Crippen LogP contribution is -2.51. The average Bonchev–Trinajstić information content (AvgIpc) is 2.44. The normalized spacial score (nSPS) is 17.1. The molecule has 0 saturated heterocycles. The highest BCUT2D eigenvalue weighted by molar-refractivity contribution is 5.85. The molecule has 1 aliphatic carbocycles. The van der Waals surface area contributed by atoms with Crippen molar-refractivity contribution < 1.29 is 24.2 Å². The highest BCUT2D eigenvalue weighted by atomic mass is 16.5. The molecular weight excluding hydrogens is 264 g/mol. The summed E-state index contributed by atoms with van der Waals surface area (Å²) in [7, 11) is 2.65. The highest BCUT2D eigenvalue weighted by Crippen LogP contribution is 2.26. The van der Waals surface area contributed by atoms with E-state index in [0.717, 1.165) is 37.0 Å². The van der Waals surface area contributed by atoms with Crippen molar-refractivity contribution in [3.63, 3.8) is 0 Å². The van der Waals surface area contributed by atoms with Crippen LogP contribution in [0.5, 0.6) is 0 Å². The van der Waals surface area contributed by atoms with Crippen LogP contribution in [0.3, 0.4) is 0 Å². The Morgan fingerprint density at radius 1 is 1.30 bits per heavy atom. The molecule has 0 spiro atoms. The number of carboxylic acids is 1. The van der Waals surface area contributed by atoms with Crippen molar-refractivity contribution in [2.75, 3.05) is 20.7 Å². The summed E-state index contributed by atoms with van der Waals surface area (Å²) in [5, 5.41) is 11.8. The van der Waals surface area contributed by atoms with E-state index in [1.165, 1.54) is 14.2 Å². The minimum absolute atomic E-state index is 0.0447. The van der Waals surface area contributed by atoms with Crippen molar-refractivity contribution in [3.8, 4) is 0 Å². The smallest absolute Gasteiger partial charge is 0.326 e. The van der Waals surface area contributed by atoms with Crippen LogP contribution in [0.1, 0.15) is 32.1 Å². The van der Waals surface area contributed by atoms with Gasteiger partial charge < -0.3 is 20.1 Å². The number of aliphatic carboxylic acids is 1. The zero-order chi connectivity index (χ0) is 15.1. The number of carbonyl (C=O) groups excluding carboxylic acids is 2. The predicted molar refractivity (Wildman–Crippen MR) is 71.2 cm³/mol. The van der Waals surface area contributed by atoms with E-state index in [0.29, 0.717) is 0 Å². The second-order valence-corrected chi connectivity index (χ2v) is 5.10. The van der Waals surface area contributed by atoms with E-state index in [4.69, 9.17) is 0 Å². The fourth-order valence-corrected chi connectivity index (χ4v) is 2.42. The Morgan fingerprint density at radius 3 is 2.40 bits per heavy atom. The topological polar surface area (TPSA) is 95.9 Å². The van der Waals surface area contributed by atoms with E-state index in [1.807, 2.05) is 0 Å². The van der Waals surface area contributed by atoms with Crippen LogP contribution in [0.4, 0.5) is 4.79 Å². The minimum Gasteiger partial charge on any atom is -0.480 e. The lowest BCUT2D eigenvalue weighted by molar-refractivity contribution is -0.141. The second kappa shape index (κ2) is 7.72. The van der Waals surface area contributed by atoms with Crippen LogP contribution >= 0.6 is 0 Å². The van der Waals surface area contributed by atoms with Gasteiger partial charge in [0.15, 0.2) is 0 Å². The Labute approximate surface area is 118 Å². The number of hydrogen-bond donors (Lipinski definition) is 2. The van der Waals surface area contributed by atoms with Crippen LogP contribution in [0.25, 0.3) is 0 Å². The Morgan fingerprint density at radius 2 is 1.90 bits per heavy atom. The molecule has 0 aromatic rings. The Hall–Kier alpha value is -1.79. The first-order chi connectivity index (χ1) is 9.45. The molecule has 0 bridgehead atoms. The molecule has 1 fully saturated rings. The summed E-state index contributed by atoms with van der Waals surface area (Å²) in [4.78, 5) is 35.4. The fraction of sp³-hybridized carbons (Fsp3) is 0.769. The largest absolute Gasteiger partial charge is 0.480 e. The van der Waals surface area contributed by atoms with Gasteiger partial charge in [-0.25, -0.2) is 9.59 Å². The molecule has 1 unspecified atom stereocenters. The molecule has 2 N–H and O–H groups in total. The number of carboxylic acid groups (broad SMARTS) is 1. The number of amides is 2. The number of ether oxygens (including phenoxy) is 1. The molecule has 114 valence electrons. The van der Waals surface area contributed by atoms with Crippen molar-refractivity contribution in [1.82, 2.24) is 10.2 Å². The number of esters is 1. The van der Waals surface area contributed by atoms with Crippen molar-refractivity contribution >= 4 is 18.0 Å². The van der Waals surface area contributed by atoms with E-state index < -0.39 is 24.0 Å². The number of rotatable bonds is 5. The zero-order valence-electron chi connectivity index (χ0n) is 11.9. The standard InChI is InChI=1S/C13H22N2O5/c1-15(8-10(16)20-2)13(19)14-11(12(17)18)9-6-4-3-5-7-9/h9,11H,3-8H2,1-2H3,(H,14,19)(H,17,18). The third kappa shape index (κ3) is 4.71. The van der Waals surface area contributed by atoms with E-state index in [9.17, 15) is 19.5 Å². The number of hydrogen-bond acceptors (Lipinski definition) is 4. The van der Waals surface area contributed by atoms with Gasteiger partial charge in [-0.05, 0) is 18.8 Å². The average molecular weight is 286 g/mol. The quantitative estimate of drug-likeness (QED) is 0.730. The van der Waals surface area contributed by atoms with Crippen LogP contribution in [-0.2, 0) is 14.3 Å². The maximum atomic E-state index is 11.9. The molecule has 7 nitrogen and oxygen atoms in total. The SMILES string of the molecule is COC(=O)CN(C)C(=O)NC(C(=O)O)C1CCCCC1. The predicted octanol–water partition coefficient (Wildman–Crippen LogP) is 0.834. The van der Waals surface area contributed by atoms with Gasteiger partial charge in [0.05, 0.1) is 7.11 Å². The highest BCUT2D eigenvalue weighted by Gasteiger charge is 2.31. The lowest BCUT2D eigenvalue weighted by Gasteiger charge is -2.29. The molecule has 1 atom stereocenters. The molecule has 0 aromatic carbocycles. The summed E-state index contributed by atoms with van der Waals surface area (Å²) in [6.45, 7) is -0.209. The van der Waals surface area contributed by atoms with Crippen molar-refractivity contribution in [2.24, 2.45) is 5.92 Å². The van der Waals surface area contributed by atoms with Gasteiger partial charge in [-0.1, -0.05) is 19.3 Å². The molecule has 1 aliphatic rings. The van der Waals surface area contributed by atoms with Crippen molar-refractivity contribution in [1.29, 1.82) is 0 Å². The number of carbonyl (C=O) groups is 3. The summed E-state index contributed by atoms with van der Waals surface area (Å²) >= 11 is 0. The number of nitrogens with zero attached hydrogens (tertiary/aromatic N) is 1. The monoisotopic (exact) mass is 286 g/mol. The molecule has 1 saturated carbocycles. The van der Waals surface area contributed by atoms with Gasteiger partial charge in [-0.15, -0.1) is 0 Å². The molecule has 0 aliphatic heterocycles. The molecule has 0 radical (unpaired) electrons. The summed E-state index contributed by atoms with van der Waals surface area (Å²) in [6.07, 6.45) is 4.69. The van der Waals surface area contributed by atoms with Gasteiger partial charge in [0.2, 0.25) is 0 Å². The number of nitrogens with one attached hydrogen (secondary N) is 1. The van der Waals surface area contributed by atoms with Gasteiger partial charge in [0, 0.05) is 7.05 Å². The van der Waals surface area contributed by atoms with Gasteiger partial charge in [0.25, 0.3) is 0 Å². The zero-order valence-corrected chi connectivity index (χ0v) is 11.9. The third-order valence-corrected chi connectivity index (χ3v) is 3.61. The second-order valence-electron chi connectivity index (χ2n) is 5.10. The first-order valence-electron chi connectivity index (χ1n) is 6.77. The van der Waals surface area contributed by atoms with Gasteiger partial charge in [-0.3, -0.25) is 4.79 Å². The van der Waals surface area contributed by atoms with Crippen LogP contribution in [0.15, 0.2) is 0 Å². The number of likely N-dealkylation sites (N-methyl/N-ethyl adjacent to an activating group) is 1. The van der Waals surface area contributed by atoms with Crippen LogP contribution < -0.4 is 5.32 Å². The van der Waals surface area contributed by atoms with Crippen LogP contribution in [-0.4, -0.2) is 54.7 Å². The first-order valence-corrected chi connectivity index (χ1v) is 6.77. The van der Waals surface area contributed by atoms with E-state index in [2.05, 4.69) is 10.1 Å². The molecule has 0 heterocycles. The summed E-state index contributed by atoms with van der Waals surface area (Å²) in [5.74, 6) is -1.62. The Kier molecular flexibility index (Phi) is 6.27. The molecule has 1 rings (SSSR count). The van der Waals surface area contributed by atoms with Gasteiger partial charge >= 0.3 is 18.0 Å². The maximum absolute atomic E-state index is 11.9. The third-order valence-electron chi connectivity index (χ3n) is 3.61. The lowest BCUT2D eigenvalue weighted by atomic mass is 9.84. The number of methoxy groups -OCH3 is 1. The van der Waals surface area contributed by atoms with E-state index in [1.54, 1.807) is 0 Å². The van der Waals surface area contributed by atoms with Crippen LogP contribution in [0, 0.1) is 5.92 Å². The van der Waals surface area contributed by atoms with Gasteiger partial charge in [0.1, 0.15) is 12.6 Å². The summed E-state index contributed by atoms with van der Waals surface area (Å²) in [6, 6.07) is -1.48. The Bertz CT molecular complexity index is 366. The molecule has 0 aromatic heterocycles. The molecule has 2 amide bonds. The fourth-order valence-electron chi connectivity index (χ4n) is 2.42. The molecular formula is C13H22N2O5. The maximum Gasteiger partial charge on any atom is 0.326 e. The molecule has 7 heteroatoms. The van der Waals surface area contributed by atoms with Crippen molar-refractivity contribution in [3.05, 3.63) is 0 Å². The molecule has 20 heavy (non-hydrogen) atoms. The van der Waals surface area contributed by atoms with Gasteiger partial charge in [-0.2, -0.15) is 0 Å². The summed E-state index contributed by atoms with van der Waals surface area (Å²) in [5.41, 5.74) is 0. The van der Waals surface area contributed by atoms with E-state index >= 15 is 0 Å². The Balaban J connectivity index is 2.58. The summed E-state index contributed by atoms with van der Waals surface area (Å²) < 4.78 is 4.46. The van der Waals surface area contributed by atoms with Crippen LogP contribution in [0.2, 0.25) is 0 Å².